The van der Waals surface area contributed by atoms with Crippen molar-refractivity contribution in [1.29, 1.82) is 0 Å². The van der Waals surface area contributed by atoms with Gasteiger partial charge in [0.2, 0.25) is 0 Å². The molecule has 0 bridgehead atoms. The number of benzene rings is 3. The van der Waals surface area contributed by atoms with E-state index in [-0.39, 0.29) is 0 Å². The molecule has 0 spiro atoms. The molecule has 1 heteroatoms. The molecule has 3 aromatic rings. The molecule has 0 amide bonds. The van der Waals surface area contributed by atoms with Crippen molar-refractivity contribution in [3.63, 3.8) is 0 Å². The normalized spacial score (nSPS) is 19.1. The van der Waals surface area contributed by atoms with Gasteiger partial charge in [-0.25, -0.2) is 0 Å². The van der Waals surface area contributed by atoms with E-state index in [9.17, 15) is 0 Å². The SMILES string of the molecule is CC[C@@H]1CCc2c(ccc3ccccc23)[C@H]1C#Cc1ccc(Cl)cc1. The fraction of sp³-hybridized carbons (Fsp3) is 0.250. The summed E-state index contributed by atoms with van der Waals surface area (Å²) in [4.78, 5) is 0. The van der Waals surface area contributed by atoms with E-state index in [0.717, 1.165) is 17.0 Å². The van der Waals surface area contributed by atoms with Crippen LogP contribution in [0.2, 0.25) is 5.02 Å². The Kier molecular flexibility index (Phi) is 4.51. The Balaban J connectivity index is 1.79. The molecule has 0 unspecified atom stereocenters. The van der Waals surface area contributed by atoms with Crippen LogP contribution in [0.3, 0.4) is 0 Å². The third-order valence-electron chi connectivity index (χ3n) is 5.39. The first-order valence-electron chi connectivity index (χ1n) is 9.04. The molecule has 1 aliphatic carbocycles. The summed E-state index contributed by atoms with van der Waals surface area (Å²) in [5.41, 5.74) is 3.96. The average molecular weight is 345 g/mol. The number of aryl methyl sites for hydroxylation is 1. The molecule has 124 valence electrons. The van der Waals surface area contributed by atoms with Gasteiger partial charge in [-0.3, -0.25) is 0 Å². The molecule has 3 aromatic carbocycles. The van der Waals surface area contributed by atoms with Crippen molar-refractivity contribution in [3.8, 4) is 11.8 Å². The molecule has 0 nitrogen and oxygen atoms in total. The Morgan fingerprint density at radius 3 is 2.60 bits per heavy atom. The Labute approximate surface area is 154 Å². The van der Waals surface area contributed by atoms with Crippen molar-refractivity contribution in [2.45, 2.75) is 32.1 Å². The number of fused-ring (bicyclic) bond motifs is 3. The summed E-state index contributed by atoms with van der Waals surface area (Å²) in [6, 6.07) is 21.1. The van der Waals surface area contributed by atoms with Crippen molar-refractivity contribution >= 4 is 22.4 Å². The van der Waals surface area contributed by atoms with E-state index in [0.29, 0.717) is 11.8 Å². The lowest BCUT2D eigenvalue weighted by Gasteiger charge is -2.30. The van der Waals surface area contributed by atoms with E-state index in [1.54, 1.807) is 0 Å². The smallest absolute Gasteiger partial charge is 0.0487 e. The maximum atomic E-state index is 5.98. The molecule has 0 radical (unpaired) electrons. The van der Waals surface area contributed by atoms with Gasteiger partial charge in [-0.15, -0.1) is 0 Å². The lowest BCUT2D eigenvalue weighted by atomic mass is 9.73. The van der Waals surface area contributed by atoms with Gasteiger partial charge in [0.25, 0.3) is 0 Å². The highest BCUT2D eigenvalue weighted by Gasteiger charge is 2.28. The minimum Gasteiger partial charge on any atom is -0.0894 e. The molecule has 25 heavy (non-hydrogen) atoms. The van der Waals surface area contributed by atoms with Gasteiger partial charge in [-0.05, 0) is 64.9 Å². The maximum absolute atomic E-state index is 5.98. The van der Waals surface area contributed by atoms with Gasteiger partial charge >= 0.3 is 0 Å². The van der Waals surface area contributed by atoms with Gasteiger partial charge in [0, 0.05) is 16.5 Å². The van der Waals surface area contributed by atoms with Crippen LogP contribution in [0.5, 0.6) is 0 Å². The summed E-state index contributed by atoms with van der Waals surface area (Å²) in [5.74, 6) is 7.92. The van der Waals surface area contributed by atoms with E-state index in [2.05, 4.69) is 55.2 Å². The first kappa shape index (κ1) is 16.2. The van der Waals surface area contributed by atoms with E-state index >= 15 is 0 Å². The van der Waals surface area contributed by atoms with Crippen LogP contribution in [0.25, 0.3) is 10.8 Å². The van der Waals surface area contributed by atoms with E-state index in [1.807, 2.05) is 24.3 Å². The lowest BCUT2D eigenvalue weighted by molar-refractivity contribution is 0.414. The number of rotatable bonds is 1. The number of halogens is 1. The first-order valence-corrected chi connectivity index (χ1v) is 9.41. The highest BCUT2D eigenvalue weighted by atomic mass is 35.5. The molecule has 0 N–H and O–H groups in total. The van der Waals surface area contributed by atoms with E-state index in [1.165, 1.54) is 34.7 Å². The van der Waals surface area contributed by atoms with Gasteiger partial charge in [-0.1, -0.05) is 73.2 Å². The van der Waals surface area contributed by atoms with Gasteiger partial charge in [0.05, 0.1) is 0 Å². The van der Waals surface area contributed by atoms with Crippen molar-refractivity contribution in [3.05, 3.63) is 82.4 Å². The predicted octanol–water partition coefficient (Wildman–Crippen LogP) is 6.60. The van der Waals surface area contributed by atoms with Gasteiger partial charge in [-0.2, -0.15) is 0 Å². The minimum absolute atomic E-state index is 0.314. The van der Waals surface area contributed by atoms with Gasteiger partial charge in [0.15, 0.2) is 0 Å². The highest BCUT2D eigenvalue weighted by Crippen LogP contribution is 2.40. The average Bonchev–Trinajstić information content (AvgIpc) is 2.67. The molecule has 0 aliphatic heterocycles. The Morgan fingerprint density at radius 2 is 1.80 bits per heavy atom. The standard InChI is InChI=1S/C24H21Cl/c1-2-18-10-15-23-21-6-4-3-5-19(21)11-16-24(23)22(18)14-9-17-7-12-20(25)13-8-17/h3-8,11-13,16,18,22H,2,10,15H2,1H3/t18-,22+/m1/s1. The number of hydrogen-bond acceptors (Lipinski definition) is 0. The topological polar surface area (TPSA) is 0 Å². The van der Waals surface area contributed by atoms with Crippen LogP contribution in [0.1, 0.15) is 42.4 Å². The third kappa shape index (κ3) is 3.17. The van der Waals surface area contributed by atoms with Crippen LogP contribution in [-0.4, -0.2) is 0 Å². The molecule has 0 saturated heterocycles. The summed E-state index contributed by atoms with van der Waals surface area (Å²) >= 11 is 5.98. The van der Waals surface area contributed by atoms with Crippen molar-refractivity contribution < 1.29 is 0 Å². The molecule has 4 rings (SSSR count). The quantitative estimate of drug-likeness (QED) is 0.436. The zero-order valence-corrected chi connectivity index (χ0v) is 15.2. The first-order chi connectivity index (χ1) is 12.3. The van der Waals surface area contributed by atoms with E-state index in [4.69, 9.17) is 11.6 Å². The zero-order chi connectivity index (χ0) is 17.2. The number of hydrogen-bond donors (Lipinski definition) is 0. The molecule has 0 saturated carbocycles. The summed E-state index contributed by atoms with van der Waals surface area (Å²) in [5, 5.41) is 3.49. The zero-order valence-electron chi connectivity index (χ0n) is 14.4. The highest BCUT2D eigenvalue weighted by molar-refractivity contribution is 6.30. The van der Waals surface area contributed by atoms with Gasteiger partial charge < -0.3 is 0 Å². The largest absolute Gasteiger partial charge is 0.0894 e. The summed E-state index contributed by atoms with van der Waals surface area (Å²) in [7, 11) is 0. The monoisotopic (exact) mass is 344 g/mol. The molecule has 2 atom stereocenters. The van der Waals surface area contributed by atoms with Crippen LogP contribution < -0.4 is 0 Å². The Morgan fingerprint density at radius 1 is 1.00 bits per heavy atom. The molecule has 0 heterocycles. The predicted molar refractivity (Wildman–Crippen MR) is 107 cm³/mol. The summed E-state index contributed by atoms with van der Waals surface area (Å²) in [6.07, 6.45) is 3.55. The van der Waals surface area contributed by atoms with Crippen LogP contribution in [0.15, 0.2) is 60.7 Å². The summed E-state index contributed by atoms with van der Waals surface area (Å²) in [6.45, 7) is 2.29. The maximum Gasteiger partial charge on any atom is 0.0487 e. The second kappa shape index (κ2) is 6.95. The fourth-order valence-electron chi connectivity index (χ4n) is 4.00. The third-order valence-corrected chi connectivity index (χ3v) is 5.64. The lowest BCUT2D eigenvalue weighted by Crippen LogP contribution is -2.19. The van der Waals surface area contributed by atoms with Crippen LogP contribution in [-0.2, 0) is 6.42 Å². The molecular weight excluding hydrogens is 324 g/mol. The van der Waals surface area contributed by atoms with Crippen LogP contribution >= 0.6 is 11.6 Å². The molecular formula is C24H21Cl. The van der Waals surface area contributed by atoms with Crippen LogP contribution in [0, 0.1) is 17.8 Å². The summed E-state index contributed by atoms with van der Waals surface area (Å²) < 4.78 is 0. The molecule has 1 aliphatic rings. The van der Waals surface area contributed by atoms with E-state index < -0.39 is 0 Å². The Bertz CT molecular complexity index is 957. The second-order valence-electron chi connectivity index (χ2n) is 6.82. The van der Waals surface area contributed by atoms with Gasteiger partial charge in [0.1, 0.15) is 0 Å². The minimum atomic E-state index is 0.314. The van der Waals surface area contributed by atoms with Crippen molar-refractivity contribution in [1.82, 2.24) is 0 Å². The van der Waals surface area contributed by atoms with Crippen molar-refractivity contribution in [2.24, 2.45) is 5.92 Å². The van der Waals surface area contributed by atoms with Crippen molar-refractivity contribution in [2.75, 3.05) is 0 Å². The Hall–Kier alpha value is -2.23. The second-order valence-corrected chi connectivity index (χ2v) is 7.25. The molecule has 0 aromatic heterocycles. The molecule has 0 fully saturated rings. The fourth-order valence-corrected chi connectivity index (χ4v) is 4.13. The van der Waals surface area contributed by atoms with Crippen LogP contribution in [0.4, 0.5) is 0 Å².